The van der Waals surface area contributed by atoms with Crippen LogP contribution in [0.3, 0.4) is 0 Å². The van der Waals surface area contributed by atoms with E-state index >= 15 is 0 Å². The minimum atomic E-state index is -1.61. The van der Waals surface area contributed by atoms with Crippen LogP contribution in [0.5, 0.6) is 0 Å². The summed E-state index contributed by atoms with van der Waals surface area (Å²) in [6, 6.07) is 6.55. The molecule has 0 saturated carbocycles. The van der Waals surface area contributed by atoms with Gasteiger partial charge in [0.2, 0.25) is 0 Å². The van der Waals surface area contributed by atoms with Gasteiger partial charge in [0.1, 0.15) is 0 Å². The smallest absolute Gasteiger partial charge is 0.194 e. The van der Waals surface area contributed by atoms with Crippen LogP contribution < -0.4 is 0 Å². The summed E-state index contributed by atoms with van der Waals surface area (Å²) in [6.07, 6.45) is -1.43. The maximum atomic E-state index is 13.6. The van der Waals surface area contributed by atoms with Crippen LogP contribution in [0, 0.1) is 17.5 Å². The first-order chi connectivity index (χ1) is 9.41. The lowest BCUT2D eigenvalue weighted by Gasteiger charge is -2.14. The SMILES string of the molecule is OC(Cc1cccc(Cl)c1Cl)c1ccc(F)c(F)c1F. The predicted molar refractivity (Wildman–Crippen MR) is 71.4 cm³/mol. The number of aliphatic hydroxyl groups excluding tert-OH is 1. The van der Waals surface area contributed by atoms with Crippen molar-refractivity contribution in [3.63, 3.8) is 0 Å². The molecule has 1 N–H and O–H groups in total. The molecule has 1 nitrogen and oxygen atoms in total. The fourth-order valence-corrected chi connectivity index (χ4v) is 2.22. The first kappa shape index (κ1) is 15.2. The molecule has 0 spiro atoms. The molecule has 0 aromatic heterocycles. The van der Waals surface area contributed by atoms with E-state index in [4.69, 9.17) is 23.2 Å². The molecule has 0 radical (unpaired) electrons. The highest BCUT2D eigenvalue weighted by Gasteiger charge is 2.20. The number of halogens is 5. The average Bonchev–Trinajstić information content (AvgIpc) is 2.41. The molecule has 20 heavy (non-hydrogen) atoms. The van der Waals surface area contributed by atoms with E-state index in [1.54, 1.807) is 18.2 Å². The van der Waals surface area contributed by atoms with Crippen LogP contribution in [0.1, 0.15) is 17.2 Å². The van der Waals surface area contributed by atoms with Crippen LogP contribution in [0.4, 0.5) is 13.2 Å². The first-order valence-electron chi connectivity index (χ1n) is 5.66. The highest BCUT2D eigenvalue weighted by molar-refractivity contribution is 6.42. The largest absolute Gasteiger partial charge is 0.388 e. The second kappa shape index (κ2) is 6.04. The van der Waals surface area contributed by atoms with Crippen LogP contribution in [0.25, 0.3) is 0 Å². The van der Waals surface area contributed by atoms with Crippen LogP contribution in [-0.4, -0.2) is 5.11 Å². The summed E-state index contributed by atoms with van der Waals surface area (Å²) in [5.74, 6) is -4.33. The van der Waals surface area contributed by atoms with E-state index in [0.29, 0.717) is 10.6 Å². The summed E-state index contributed by atoms with van der Waals surface area (Å²) in [5.41, 5.74) is 0.149. The fraction of sp³-hybridized carbons (Fsp3) is 0.143. The zero-order valence-electron chi connectivity index (χ0n) is 10.0. The summed E-state index contributed by atoms with van der Waals surface area (Å²) in [4.78, 5) is 0. The van der Waals surface area contributed by atoms with Gasteiger partial charge in [-0.05, 0) is 17.7 Å². The van der Waals surface area contributed by atoms with E-state index in [-0.39, 0.29) is 17.0 Å². The van der Waals surface area contributed by atoms with E-state index in [1.165, 1.54) is 0 Å². The molecule has 0 aliphatic rings. The normalized spacial score (nSPS) is 12.5. The molecule has 0 aliphatic carbocycles. The Labute approximate surface area is 123 Å². The topological polar surface area (TPSA) is 20.2 Å². The van der Waals surface area contributed by atoms with Crippen molar-refractivity contribution in [3.05, 3.63) is 69.0 Å². The second-order valence-electron chi connectivity index (χ2n) is 4.20. The minimum Gasteiger partial charge on any atom is -0.388 e. The number of rotatable bonds is 3. The van der Waals surface area contributed by atoms with Crippen molar-refractivity contribution in [2.75, 3.05) is 0 Å². The van der Waals surface area contributed by atoms with Gasteiger partial charge in [0.15, 0.2) is 17.5 Å². The summed E-state index contributed by atoms with van der Waals surface area (Å²) < 4.78 is 39.5. The van der Waals surface area contributed by atoms with Crippen LogP contribution >= 0.6 is 23.2 Å². The maximum Gasteiger partial charge on any atom is 0.194 e. The van der Waals surface area contributed by atoms with Crippen LogP contribution in [0.2, 0.25) is 10.0 Å². The van der Waals surface area contributed by atoms with Crippen molar-refractivity contribution in [2.24, 2.45) is 0 Å². The zero-order chi connectivity index (χ0) is 14.9. The Bertz CT molecular complexity index is 647. The van der Waals surface area contributed by atoms with Gasteiger partial charge in [-0.3, -0.25) is 0 Å². The van der Waals surface area contributed by atoms with Gasteiger partial charge in [0.25, 0.3) is 0 Å². The van der Waals surface area contributed by atoms with Gasteiger partial charge >= 0.3 is 0 Å². The van der Waals surface area contributed by atoms with Gasteiger partial charge in [-0.25, -0.2) is 13.2 Å². The molecule has 0 amide bonds. The lowest BCUT2D eigenvalue weighted by atomic mass is 10.0. The van der Waals surface area contributed by atoms with Crippen molar-refractivity contribution in [1.82, 2.24) is 0 Å². The average molecular weight is 321 g/mol. The Balaban J connectivity index is 2.31. The third kappa shape index (κ3) is 2.92. The Hall–Kier alpha value is -1.23. The summed E-state index contributed by atoms with van der Waals surface area (Å²) in [5, 5.41) is 10.5. The lowest BCUT2D eigenvalue weighted by Crippen LogP contribution is -2.07. The van der Waals surface area contributed by atoms with E-state index in [1.807, 2.05) is 0 Å². The van der Waals surface area contributed by atoms with Gasteiger partial charge in [0.05, 0.1) is 16.1 Å². The Morgan fingerprint density at radius 1 is 1.00 bits per heavy atom. The number of aliphatic hydroxyl groups is 1. The Morgan fingerprint density at radius 2 is 1.70 bits per heavy atom. The molecular weight excluding hydrogens is 312 g/mol. The van der Waals surface area contributed by atoms with E-state index < -0.39 is 23.6 Å². The molecule has 0 aliphatic heterocycles. The van der Waals surface area contributed by atoms with E-state index in [2.05, 4.69) is 0 Å². The fourth-order valence-electron chi connectivity index (χ4n) is 1.82. The molecule has 1 atom stereocenters. The van der Waals surface area contributed by atoms with Crippen molar-refractivity contribution in [1.29, 1.82) is 0 Å². The zero-order valence-corrected chi connectivity index (χ0v) is 11.5. The standard InChI is InChI=1S/C14H9Cl2F3O/c15-9-3-1-2-7(12(9)16)6-11(20)8-4-5-10(17)14(19)13(8)18/h1-5,11,20H,6H2. The quantitative estimate of drug-likeness (QED) is 0.814. The van der Waals surface area contributed by atoms with Crippen molar-refractivity contribution in [2.45, 2.75) is 12.5 Å². The van der Waals surface area contributed by atoms with Crippen molar-refractivity contribution < 1.29 is 18.3 Å². The Morgan fingerprint density at radius 3 is 2.40 bits per heavy atom. The van der Waals surface area contributed by atoms with E-state index in [0.717, 1.165) is 12.1 Å². The number of hydrogen-bond acceptors (Lipinski definition) is 1. The van der Waals surface area contributed by atoms with Crippen LogP contribution in [0.15, 0.2) is 30.3 Å². The van der Waals surface area contributed by atoms with Crippen molar-refractivity contribution >= 4 is 23.2 Å². The highest BCUT2D eigenvalue weighted by Crippen LogP contribution is 2.30. The van der Waals surface area contributed by atoms with Gasteiger partial charge in [-0.2, -0.15) is 0 Å². The van der Waals surface area contributed by atoms with Gasteiger partial charge in [0, 0.05) is 12.0 Å². The predicted octanol–water partition coefficient (Wildman–Crippen LogP) is 4.69. The van der Waals surface area contributed by atoms with Gasteiger partial charge < -0.3 is 5.11 Å². The maximum absolute atomic E-state index is 13.6. The molecule has 1 unspecified atom stereocenters. The van der Waals surface area contributed by atoms with Crippen molar-refractivity contribution in [3.8, 4) is 0 Å². The highest BCUT2D eigenvalue weighted by atomic mass is 35.5. The van der Waals surface area contributed by atoms with Gasteiger partial charge in [-0.1, -0.05) is 41.4 Å². The Kier molecular flexibility index (Phi) is 4.58. The second-order valence-corrected chi connectivity index (χ2v) is 4.98. The monoisotopic (exact) mass is 320 g/mol. The summed E-state index contributed by atoms with van der Waals surface area (Å²) in [7, 11) is 0. The van der Waals surface area contributed by atoms with Gasteiger partial charge in [-0.15, -0.1) is 0 Å². The molecule has 0 saturated heterocycles. The summed E-state index contributed by atoms with van der Waals surface area (Å²) in [6.45, 7) is 0. The molecule has 0 bridgehead atoms. The lowest BCUT2D eigenvalue weighted by molar-refractivity contribution is 0.172. The molecule has 6 heteroatoms. The molecule has 0 fully saturated rings. The molecular formula is C14H9Cl2F3O. The number of hydrogen-bond donors (Lipinski definition) is 1. The number of benzene rings is 2. The minimum absolute atomic E-state index is 0.0681. The van der Waals surface area contributed by atoms with E-state index in [9.17, 15) is 18.3 Å². The molecule has 2 aromatic rings. The van der Waals surface area contributed by atoms with Crippen LogP contribution in [-0.2, 0) is 6.42 Å². The third-order valence-electron chi connectivity index (χ3n) is 2.87. The third-order valence-corrected chi connectivity index (χ3v) is 3.73. The molecule has 106 valence electrons. The molecule has 0 heterocycles. The summed E-state index contributed by atoms with van der Waals surface area (Å²) >= 11 is 11.8. The molecule has 2 aromatic carbocycles. The molecule has 2 rings (SSSR count). The first-order valence-corrected chi connectivity index (χ1v) is 6.41.